The van der Waals surface area contributed by atoms with E-state index in [1.54, 1.807) is 30.3 Å². The van der Waals surface area contributed by atoms with Crippen LogP contribution in [0.15, 0.2) is 79.2 Å². The van der Waals surface area contributed by atoms with E-state index in [0.29, 0.717) is 38.2 Å². The van der Waals surface area contributed by atoms with Crippen LogP contribution in [0.25, 0.3) is 44.9 Å². The molecule has 0 amide bonds. The van der Waals surface area contributed by atoms with Crippen molar-refractivity contribution in [1.29, 1.82) is 0 Å². The van der Waals surface area contributed by atoms with Gasteiger partial charge in [0.25, 0.3) is 5.56 Å². The van der Waals surface area contributed by atoms with Gasteiger partial charge >= 0.3 is 0 Å². The average Bonchev–Trinajstić information content (AvgIpc) is 3.60. The highest BCUT2D eigenvalue weighted by Gasteiger charge is 2.19. The molecule has 0 bridgehead atoms. The van der Waals surface area contributed by atoms with E-state index in [2.05, 4.69) is 10.1 Å². The smallest absolute Gasteiger partial charge is 0.291 e. The Morgan fingerprint density at radius 1 is 1.03 bits per heavy atom. The normalized spacial score (nSPS) is 12.8. The number of rotatable bonds is 4. The summed E-state index contributed by atoms with van der Waals surface area (Å²) in [5, 5.41) is 10.5. The van der Waals surface area contributed by atoms with E-state index in [1.165, 1.54) is 28.0 Å². The van der Waals surface area contributed by atoms with Crippen LogP contribution in [-0.2, 0) is 10.0 Å². The van der Waals surface area contributed by atoms with Gasteiger partial charge in [-0.05, 0) is 49.4 Å². The van der Waals surface area contributed by atoms with Gasteiger partial charge in [-0.1, -0.05) is 29.5 Å². The number of furan rings is 2. The molecule has 4 aromatic heterocycles. The van der Waals surface area contributed by atoms with E-state index in [1.807, 2.05) is 31.2 Å². The third-order valence-corrected chi connectivity index (χ3v) is 7.48. The molecule has 174 valence electrons. The Labute approximate surface area is 201 Å². The van der Waals surface area contributed by atoms with Crippen LogP contribution in [0.1, 0.15) is 11.3 Å². The Morgan fingerprint density at radius 3 is 2.51 bits per heavy atom. The number of para-hydroxylation sites is 1. The molecule has 6 rings (SSSR count). The largest absolute Gasteiger partial charge is 0.457 e. The third kappa shape index (κ3) is 3.66. The summed E-state index contributed by atoms with van der Waals surface area (Å²) >= 11 is 1.20. The minimum atomic E-state index is -3.77. The number of benzene rings is 2. The molecule has 0 aliphatic heterocycles. The summed E-state index contributed by atoms with van der Waals surface area (Å²) in [5.41, 5.74) is 2.02. The molecule has 4 heterocycles. The van der Waals surface area contributed by atoms with E-state index < -0.39 is 10.0 Å². The Kier molecular flexibility index (Phi) is 4.74. The van der Waals surface area contributed by atoms with Crippen LogP contribution in [0.5, 0.6) is 0 Å². The van der Waals surface area contributed by atoms with E-state index in [-0.39, 0.29) is 10.5 Å². The van der Waals surface area contributed by atoms with Gasteiger partial charge in [0, 0.05) is 22.6 Å². The van der Waals surface area contributed by atoms with Gasteiger partial charge in [0.2, 0.25) is 20.8 Å². The number of nitrogens with zero attached hydrogens (tertiary/aromatic N) is 3. The number of hydrogen-bond donors (Lipinski definition) is 1. The second kappa shape index (κ2) is 7.73. The Balaban J connectivity index is 1.34. The molecule has 35 heavy (non-hydrogen) atoms. The Morgan fingerprint density at radius 2 is 1.80 bits per heavy atom. The zero-order chi connectivity index (χ0) is 24.3. The second-order valence-electron chi connectivity index (χ2n) is 7.87. The van der Waals surface area contributed by atoms with E-state index in [4.69, 9.17) is 14.0 Å². The molecule has 0 unspecified atom stereocenters. The lowest BCUT2D eigenvalue weighted by Crippen LogP contribution is -2.23. The topological polar surface area (TPSA) is 134 Å². The molecule has 2 N–H and O–H groups in total. The zero-order valence-electron chi connectivity index (χ0n) is 18.1. The SMILES string of the molecule is Cc1c(-c2nc3s/c(=C\c4ccc(-c5ccc(S(N)(=O)=O)cc5)o4)c(=O)n3n2)oc2ccccc12. The number of nitrogens with two attached hydrogens (primary N) is 1. The minimum absolute atomic E-state index is 0.0160. The molecule has 0 saturated carbocycles. The van der Waals surface area contributed by atoms with Gasteiger partial charge in [0.05, 0.1) is 4.90 Å². The molecule has 9 nitrogen and oxygen atoms in total. The first-order valence-corrected chi connectivity index (χ1v) is 12.8. The highest BCUT2D eigenvalue weighted by Crippen LogP contribution is 2.31. The predicted octanol–water partition coefficient (Wildman–Crippen LogP) is 3.33. The molecular formula is C24H16N4O5S2. The summed E-state index contributed by atoms with van der Waals surface area (Å²) < 4.78 is 36.3. The van der Waals surface area contributed by atoms with Gasteiger partial charge in [-0.2, -0.15) is 9.50 Å². The predicted molar refractivity (Wildman–Crippen MR) is 131 cm³/mol. The van der Waals surface area contributed by atoms with Crippen molar-refractivity contribution in [3.05, 3.63) is 86.9 Å². The second-order valence-corrected chi connectivity index (χ2v) is 10.4. The summed E-state index contributed by atoms with van der Waals surface area (Å²) in [7, 11) is -3.77. The zero-order valence-corrected chi connectivity index (χ0v) is 19.8. The average molecular weight is 505 g/mol. The highest BCUT2D eigenvalue weighted by atomic mass is 32.2. The lowest BCUT2D eigenvalue weighted by atomic mass is 10.1. The molecular weight excluding hydrogens is 488 g/mol. The lowest BCUT2D eigenvalue weighted by Gasteiger charge is -2.00. The summed E-state index contributed by atoms with van der Waals surface area (Å²) in [6.07, 6.45) is 1.62. The monoisotopic (exact) mass is 504 g/mol. The molecule has 0 saturated heterocycles. The maximum Gasteiger partial charge on any atom is 0.291 e. The van der Waals surface area contributed by atoms with Crippen LogP contribution in [-0.4, -0.2) is 23.0 Å². The first-order valence-electron chi connectivity index (χ1n) is 10.4. The summed E-state index contributed by atoms with van der Waals surface area (Å²) in [4.78, 5) is 17.9. The molecule has 0 atom stereocenters. The first-order chi connectivity index (χ1) is 16.8. The molecule has 6 aromatic rings. The maximum absolute atomic E-state index is 12.9. The number of aryl methyl sites for hydroxylation is 1. The fourth-order valence-corrected chi connectivity index (χ4v) is 5.24. The number of sulfonamides is 1. The molecule has 0 radical (unpaired) electrons. The summed E-state index contributed by atoms with van der Waals surface area (Å²) in [6, 6.07) is 17.2. The van der Waals surface area contributed by atoms with Crippen LogP contribution in [0.3, 0.4) is 0 Å². The number of primary sulfonamides is 1. The molecule has 0 aliphatic rings. The van der Waals surface area contributed by atoms with Crippen molar-refractivity contribution in [1.82, 2.24) is 14.6 Å². The van der Waals surface area contributed by atoms with Gasteiger partial charge in [-0.15, -0.1) is 5.10 Å². The summed E-state index contributed by atoms with van der Waals surface area (Å²) in [6.45, 7) is 1.94. The fourth-order valence-electron chi connectivity index (χ4n) is 3.84. The van der Waals surface area contributed by atoms with Crippen molar-refractivity contribution >= 4 is 43.4 Å². The van der Waals surface area contributed by atoms with Gasteiger partial charge in [-0.3, -0.25) is 4.79 Å². The Bertz CT molecular complexity index is 1960. The number of thiazole rings is 1. The Hall–Kier alpha value is -4.06. The van der Waals surface area contributed by atoms with Crippen molar-refractivity contribution in [3.8, 4) is 22.9 Å². The van der Waals surface area contributed by atoms with Gasteiger partial charge < -0.3 is 8.83 Å². The quantitative estimate of drug-likeness (QED) is 0.389. The maximum atomic E-state index is 12.9. The lowest BCUT2D eigenvalue weighted by molar-refractivity contribution is 0.571. The van der Waals surface area contributed by atoms with Crippen LogP contribution >= 0.6 is 11.3 Å². The van der Waals surface area contributed by atoms with Gasteiger partial charge in [-0.25, -0.2) is 13.6 Å². The number of hydrogen-bond acceptors (Lipinski definition) is 8. The number of fused-ring (bicyclic) bond motifs is 2. The van der Waals surface area contributed by atoms with E-state index in [0.717, 1.165) is 16.5 Å². The minimum Gasteiger partial charge on any atom is -0.457 e. The first kappa shape index (κ1) is 21.5. The van der Waals surface area contributed by atoms with Crippen molar-refractivity contribution in [3.63, 3.8) is 0 Å². The summed E-state index contributed by atoms with van der Waals surface area (Å²) in [5.74, 6) is 1.88. The molecule has 2 aromatic carbocycles. The van der Waals surface area contributed by atoms with E-state index in [9.17, 15) is 13.2 Å². The van der Waals surface area contributed by atoms with Crippen LogP contribution in [0.2, 0.25) is 0 Å². The molecule has 0 aliphatic carbocycles. The van der Waals surface area contributed by atoms with Crippen molar-refractivity contribution in [2.24, 2.45) is 5.14 Å². The van der Waals surface area contributed by atoms with Crippen molar-refractivity contribution in [2.45, 2.75) is 11.8 Å². The van der Waals surface area contributed by atoms with Crippen LogP contribution in [0.4, 0.5) is 0 Å². The molecule has 11 heteroatoms. The van der Waals surface area contributed by atoms with Crippen molar-refractivity contribution < 1.29 is 17.3 Å². The van der Waals surface area contributed by atoms with E-state index >= 15 is 0 Å². The standard InChI is InChI=1S/C24H16N4O5S2/c1-13-17-4-2-3-5-19(17)33-21(13)22-26-24-28(27-22)23(29)20(34-24)12-15-8-11-18(32-15)14-6-9-16(10-7-14)35(25,30)31/h2-12H,1H3,(H2,25,30,31)/b20-12-. The number of aromatic nitrogens is 3. The molecule has 0 spiro atoms. The third-order valence-electron chi connectivity index (χ3n) is 5.60. The van der Waals surface area contributed by atoms with Gasteiger partial charge in [0.1, 0.15) is 21.6 Å². The highest BCUT2D eigenvalue weighted by molar-refractivity contribution is 7.89. The fraction of sp³-hybridized carbons (Fsp3) is 0.0417. The van der Waals surface area contributed by atoms with Crippen LogP contribution < -0.4 is 15.2 Å². The van der Waals surface area contributed by atoms with Crippen LogP contribution in [0, 0.1) is 6.92 Å². The van der Waals surface area contributed by atoms with Gasteiger partial charge in [0.15, 0.2) is 5.76 Å². The van der Waals surface area contributed by atoms with Crippen molar-refractivity contribution in [2.75, 3.05) is 0 Å². The molecule has 0 fully saturated rings.